The summed E-state index contributed by atoms with van der Waals surface area (Å²) in [5.74, 6) is -0.716. The van der Waals surface area contributed by atoms with Gasteiger partial charge in [0.15, 0.2) is 24.8 Å². The van der Waals surface area contributed by atoms with E-state index in [9.17, 15) is 28.8 Å². The van der Waals surface area contributed by atoms with E-state index in [1.807, 2.05) is 27.7 Å². The van der Waals surface area contributed by atoms with Crippen LogP contribution >= 0.6 is 0 Å². The van der Waals surface area contributed by atoms with Gasteiger partial charge in [-0.1, -0.05) is 170 Å². The molecular weight excluding hydrogens is 1180 g/mol. The van der Waals surface area contributed by atoms with Crippen molar-refractivity contribution in [1.82, 2.24) is 0 Å². The Kier molecular flexibility index (Phi) is 28.3. The van der Waals surface area contributed by atoms with E-state index in [1.165, 1.54) is 24.3 Å². The Bertz CT molecular complexity index is 3240. The summed E-state index contributed by atoms with van der Waals surface area (Å²) in [7, 11) is 0. The van der Waals surface area contributed by atoms with Crippen LogP contribution in [0.1, 0.15) is 244 Å². The molecule has 4 aromatic carbocycles. The van der Waals surface area contributed by atoms with Crippen molar-refractivity contribution in [3.63, 3.8) is 0 Å². The van der Waals surface area contributed by atoms with E-state index in [-0.39, 0.29) is 40.9 Å². The first kappa shape index (κ1) is 75.1. The van der Waals surface area contributed by atoms with E-state index >= 15 is 0 Å². The second-order valence-electron chi connectivity index (χ2n) is 25.6. The average molecular weight is 1280 g/mol. The van der Waals surface area contributed by atoms with E-state index < -0.39 is 62.8 Å². The van der Waals surface area contributed by atoms with Crippen LogP contribution in [0.4, 0.5) is 0 Å². The molecule has 0 radical (unpaired) electrons. The summed E-state index contributed by atoms with van der Waals surface area (Å²) in [5, 5.41) is 1.07. The molecule has 0 N–H and O–H groups in total. The van der Waals surface area contributed by atoms with Gasteiger partial charge in [0.25, 0.3) is 0 Å². The lowest BCUT2D eigenvalue weighted by Gasteiger charge is -2.51. The molecule has 0 amide bonds. The number of ether oxygens (including phenoxy) is 7. The Balaban J connectivity index is 1.16. The molecule has 0 spiro atoms. The molecule has 0 saturated heterocycles. The molecule has 0 aliphatic rings. The number of hydrogen-bond acceptors (Lipinski definition) is 15. The second kappa shape index (κ2) is 35.0. The Morgan fingerprint density at radius 2 is 0.753 bits per heavy atom. The first-order valence-electron chi connectivity index (χ1n) is 34.6. The third-order valence-electron chi connectivity index (χ3n) is 20.7. The topological polar surface area (TPSA) is 193 Å². The van der Waals surface area contributed by atoms with Gasteiger partial charge >= 0.3 is 23.2 Å². The zero-order valence-electron chi connectivity index (χ0n) is 58.1. The van der Waals surface area contributed by atoms with Crippen LogP contribution in [0.5, 0.6) is 11.5 Å². The number of fused-ring (bicyclic) bond motifs is 2. The first-order valence-corrected chi connectivity index (χ1v) is 34.6. The summed E-state index contributed by atoms with van der Waals surface area (Å²) in [6, 6.07) is 29.9. The maximum absolute atomic E-state index is 13.8. The van der Waals surface area contributed by atoms with E-state index in [1.54, 1.807) is 84.9 Å². The minimum Gasteiger partial charge on any atom is -0.482 e. The van der Waals surface area contributed by atoms with Gasteiger partial charge in [-0.05, 0) is 138 Å². The molecule has 6 rings (SSSR count). The maximum atomic E-state index is 13.8. The Morgan fingerprint density at radius 1 is 0.409 bits per heavy atom. The molecule has 93 heavy (non-hydrogen) atoms. The van der Waals surface area contributed by atoms with E-state index in [0.29, 0.717) is 97.7 Å². The quantitative estimate of drug-likeness (QED) is 0.0199. The lowest BCUT2D eigenvalue weighted by atomic mass is 9.61. The van der Waals surface area contributed by atoms with Crippen molar-refractivity contribution >= 4 is 45.4 Å². The molecule has 0 fully saturated rings. The normalized spacial score (nSPS) is 12.6. The molecule has 15 heteroatoms. The van der Waals surface area contributed by atoms with Gasteiger partial charge in [-0.3, -0.25) is 9.59 Å². The van der Waals surface area contributed by atoms with Gasteiger partial charge in [-0.25, -0.2) is 19.2 Å². The summed E-state index contributed by atoms with van der Waals surface area (Å²) < 4.78 is 57.5. The maximum Gasteiger partial charge on any atom is 0.347 e. The van der Waals surface area contributed by atoms with Crippen molar-refractivity contribution in [2.45, 2.75) is 240 Å². The summed E-state index contributed by atoms with van der Waals surface area (Å²) >= 11 is 0. The summed E-state index contributed by atoms with van der Waals surface area (Å²) in [6.07, 6.45) is 14.3. The van der Waals surface area contributed by atoms with Crippen molar-refractivity contribution in [2.24, 2.45) is 11.3 Å². The largest absolute Gasteiger partial charge is 0.482 e. The minimum absolute atomic E-state index is 0.0725. The van der Waals surface area contributed by atoms with Crippen molar-refractivity contribution in [1.29, 1.82) is 0 Å². The number of hydrogen-bond donors (Lipinski definition) is 0. The van der Waals surface area contributed by atoms with Crippen LogP contribution < -0.4 is 20.7 Å². The molecule has 2 aromatic heterocycles. The summed E-state index contributed by atoms with van der Waals surface area (Å²) in [4.78, 5) is 79.8. The molecule has 0 bridgehead atoms. The highest BCUT2D eigenvalue weighted by molar-refractivity contribution is 6.10. The lowest BCUT2D eigenvalue weighted by molar-refractivity contribution is -0.172. The molecule has 508 valence electrons. The third-order valence-corrected chi connectivity index (χ3v) is 20.7. The molecule has 0 saturated carbocycles. The van der Waals surface area contributed by atoms with Crippen LogP contribution in [0.25, 0.3) is 21.9 Å². The minimum atomic E-state index is -0.827. The highest BCUT2D eigenvalue weighted by atomic mass is 16.6. The number of carbonyl (C=O) groups is 4. The summed E-state index contributed by atoms with van der Waals surface area (Å²) in [6.45, 7) is 29.0. The van der Waals surface area contributed by atoms with E-state index in [4.69, 9.17) is 42.0 Å². The molecule has 0 atom stereocenters. The van der Waals surface area contributed by atoms with E-state index in [0.717, 1.165) is 83.5 Å². The molecule has 15 nitrogen and oxygen atoms in total. The highest BCUT2D eigenvalue weighted by Crippen LogP contribution is 2.52. The SMILES string of the molecule is CCC(CC)CCOC(CC)(CC)CC(CC)(CC(CC)(CC)OCCC(CC)(CC)OC(=O)COc1ccc2cc(C(=O)c3ccccc3)c(=O)oc2c1)CC(CC)(CC)OCCC(CC)(CC)OC(=O)COc1ccc2cc(C(=O)c3ccccc3)c(=O)oc2c1. The zero-order chi connectivity index (χ0) is 67.9. The van der Waals surface area contributed by atoms with Gasteiger partial charge in [0, 0.05) is 53.5 Å². The Labute approximate surface area is 552 Å². The number of carbonyl (C=O) groups excluding carboxylic acids is 4. The summed E-state index contributed by atoms with van der Waals surface area (Å²) in [5.41, 5.74) is -3.92. The highest BCUT2D eigenvalue weighted by Gasteiger charge is 2.49. The van der Waals surface area contributed by atoms with Crippen LogP contribution in [-0.4, -0.2) is 84.5 Å². The number of rotatable bonds is 43. The van der Waals surface area contributed by atoms with Crippen LogP contribution in [0.15, 0.2) is 128 Å². The van der Waals surface area contributed by atoms with Crippen LogP contribution in [0.3, 0.4) is 0 Å². The smallest absolute Gasteiger partial charge is 0.347 e. The first-order chi connectivity index (χ1) is 44.6. The van der Waals surface area contributed by atoms with Crippen molar-refractivity contribution in [3.8, 4) is 11.5 Å². The molecule has 0 unspecified atom stereocenters. The van der Waals surface area contributed by atoms with Crippen LogP contribution in [-0.2, 0) is 33.3 Å². The van der Waals surface area contributed by atoms with Gasteiger partial charge in [0.1, 0.15) is 45.0 Å². The van der Waals surface area contributed by atoms with Crippen molar-refractivity contribution < 1.29 is 61.2 Å². The zero-order valence-corrected chi connectivity index (χ0v) is 58.1. The van der Waals surface area contributed by atoms with Crippen molar-refractivity contribution in [3.05, 3.63) is 152 Å². The van der Waals surface area contributed by atoms with Crippen LogP contribution in [0, 0.1) is 11.3 Å². The fourth-order valence-corrected chi connectivity index (χ4v) is 13.5. The molecule has 0 aliphatic carbocycles. The van der Waals surface area contributed by atoms with E-state index in [2.05, 4.69) is 62.3 Å². The monoisotopic (exact) mass is 1280 g/mol. The molecular formula is C78H106O15. The number of esters is 2. The van der Waals surface area contributed by atoms with Gasteiger partial charge in [0.05, 0.1) is 30.0 Å². The number of benzene rings is 4. The van der Waals surface area contributed by atoms with Gasteiger partial charge in [-0.15, -0.1) is 0 Å². The lowest BCUT2D eigenvalue weighted by Crippen LogP contribution is -2.49. The third kappa shape index (κ3) is 19.6. The van der Waals surface area contributed by atoms with Crippen LogP contribution in [0.2, 0.25) is 0 Å². The average Bonchev–Trinajstić information content (AvgIpc) is 0.816. The fraction of sp³-hybridized carbons (Fsp3) is 0.564. The van der Waals surface area contributed by atoms with Gasteiger partial charge < -0.3 is 42.0 Å². The predicted molar refractivity (Wildman–Crippen MR) is 367 cm³/mol. The predicted octanol–water partition coefficient (Wildman–Crippen LogP) is 17.9. The van der Waals surface area contributed by atoms with Crippen molar-refractivity contribution in [2.75, 3.05) is 33.0 Å². The number of ketones is 2. The molecule has 6 aromatic rings. The standard InChI is InChI=1S/C78H106O15/c1-14-56(15-2)41-44-87-76(21-8,22-9)53-73(16-3,54-77(23-10,24-11)88-45-42-74(17-4,18-5)92-67(79)51-85-61-39-37-59-47-63(71(83)90-65(59)49-61)69(81)57-33-29-27-30-34-57)55-78(25-12,26-13)89-46-43-75(19-6,20-7)93-68(80)52-86-62-40-38-60-48-64(72(84)91-66(60)50-62)70(82)58-35-31-28-32-36-58/h27-40,47-50,56H,14-26,41-46,51-55H2,1-13H3. The Hall–Kier alpha value is -6.94. The van der Waals surface area contributed by atoms with Gasteiger partial charge in [0.2, 0.25) is 0 Å². The Morgan fingerprint density at radius 3 is 1.08 bits per heavy atom. The van der Waals surface area contributed by atoms with Gasteiger partial charge in [-0.2, -0.15) is 0 Å². The fourth-order valence-electron chi connectivity index (χ4n) is 13.5. The molecule has 2 heterocycles. The second-order valence-corrected chi connectivity index (χ2v) is 25.6. The molecule has 0 aliphatic heterocycles.